The third kappa shape index (κ3) is 7.82. The summed E-state index contributed by atoms with van der Waals surface area (Å²) in [6, 6.07) is 0. The van der Waals surface area contributed by atoms with E-state index in [1.54, 1.807) is 0 Å². The molecule has 0 N–H and O–H groups in total. The van der Waals surface area contributed by atoms with Gasteiger partial charge in [0.25, 0.3) is 0 Å². The van der Waals surface area contributed by atoms with Crippen molar-refractivity contribution < 1.29 is 18.9 Å². The zero-order valence-electron chi connectivity index (χ0n) is 12.4. The molecule has 0 amide bonds. The fraction of sp³-hybridized carbons (Fsp3) is 0.909. The van der Waals surface area contributed by atoms with Crippen LogP contribution < -0.4 is 18.9 Å². The maximum atomic E-state index is 4.24. The molecule has 0 heterocycles. The molecule has 0 atom stereocenters. The Hall–Kier alpha value is 0.991. The van der Waals surface area contributed by atoms with Crippen molar-refractivity contribution in [3.8, 4) is 0 Å². The molecule has 0 aliphatic heterocycles. The van der Waals surface area contributed by atoms with Gasteiger partial charge in [0.15, 0.2) is 0 Å². The van der Waals surface area contributed by atoms with Gasteiger partial charge in [-0.05, 0) is 6.54 Å². The molecule has 0 saturated carbocycles. The zero-order valence-corrected chi connectivity index (χ0v) is 14.4. The van der Waals surface area contributed by atoms with Gasteiger partial charge < -0.3 is 11.2 Å². The van der Waals surface area contributed by atoms with Crippen LogP contribution in [0.1, 0.15) is 13.8 Å². The fourth-order valence-electron chi connectivity index (χ4n) is 1.91. The van der Waals surface area contributed by atoms with E-state index in [1.165, 1.54) is 0 Å². The van der Waals surface area contributed by atoms with E-state index in [1.807, 2.05) is 0 Å². The fourth-order valence-corrected chi connectivity index (χ4v) is 11.8. The summed E-state index contributed by atoms with van der Waals surface area (Å²) in [6.07, 6.45) is 0. The standard InChI is InChI=1S/C11H28NSi2.Li/c1-11(2,3)10-12(13(4,5)6)14(7,8)9;/h1,10H2,2-9H3;/q-1;+1. The van der Waals surface area contributed by atoms with Gasteiger partial charge in [0, 0.05) is 0 Å². The topological polar surface area (TPSA) is 3.24 Å². The average Bonchev–Trinajstić information content (AvgIpc) is 1.75. The normalized spacial score (nSPS) is 14.0. The van der Waals surface area contributed by atoms with Gasteiger partial charge >= 0.3 is 18.9 Å². The zero-order chi connectivity index (χ0) is 11.8. The molecule has 0 aromatic heterocycles. The van der Waals surface area contributed by atoms with E-state index >= 15 is 0 Å². The average molecular weight is 237 g/mol. The Morgan fingerprint density at radius 3 is 1.27 bits per heavy atom. The van der Waals surface area contributed by atoms with Crippen molar-refractivity contribution in [1.29, 1.82) is 0 Å². The van der Waals surface area contributed by atoms with E-state index in [0.717, 1.165) is 6.54 Å². The van der Waals surface area contributed by atoms with E-state index in [2.05, 4.69) is 64.3 Å². The Bertz CT molecular complexity index is 172. The van der Waals surface area contributed by atoms with Crippen molar-refractivity contribution in [3.05, 3.63) is 6.92 Å². The summed E-state index contributed by atoms with van der Waals surface area (Å²) in [5.74, 6) is 0. The van der Waals surface area contributed by atoms with Crippen molar-refractivity contribution in [2.45, 2.75) is 53.1 Å². The van der Waals surface area contributed by atoms with Crippen molar-refractivity contribution in [3.63, 3.8) is 0 Å². The van der Waals surface area contributed by atoms with E-state index in [4.69, 9.17) is 0 Å². The van der Waals surface area contributed by atoms with Crippen LogP contribution in [0.2, 0.25) is 39.3 Å². The molecule has 0 aliphatic rings. The minimum Gasteiger partial charge on any atom is -0.348 e. The second-order valence-electron chi connectivity index (χ2n) is 7.09. The summed E-state index contributed by atoms with van der Waals surface area (Å²) in [4.78, 5) is 0. The van der Waals surface area contributed by atoms with Gasteiger partial charge in [-0.2, -0.15) is 5.41 Å². The molecule has 86 valence electrons. The van der Waals surface area contributed by atoms with E-state index < -0.39 is 16.5 Å². The Morgan fingerprint density at radius 1 is 0.933 bits per heavy atom. The van der Waals surface area contributed by atoms with Gasteiger partial charge in [-0.3, -0.25) is 0 Å². The van der Waals surface area contributed by atoms with Crippen LogP contribution in [-0.2, 0) is 0 Å². The van der Waals surface area contributed by atoms with Gasteiger partial charge in [0.1, 0.15) is 16.5 Å². The summed E-state index contributed by atoms with van der Waals surface area (Å²) >= 11 is 0. The van der Waals surface area contributed by atoms with Crippen molar-refractivity contribution in [1.82, 2.24) is 4.23 Å². The maximum absolute atomic E-state index is 4.24. The van der Waals surface area contributed by atoms with Crippen LogP contribution in [0.15, 0.2) is 0 Å². The molecular formula is C11H28LiNSi2. The Balaban J connectivity index is 0. The first-order chi connectivity index (χ1) is 5.84. The first-order valence-electron chi connectivity index (χ1n) is 5.47. The van der Waals surface area contributed by atoms with Crippen LogP contribution in [0.3, 0.4) is 0 Å². The Labute approximate surface area is 111 Å². The SMILES string of the molecule is [CH2-]C(C)(C)CN([Si](C)(C)C)[Si](C)(C)C.[Li+]. The molecule has 0 unspecified atom stereocenters. The molecule has 0 bridgehead atoms. The number of nitrogens with zero attached hydrogens (tertiary/aromatic N) is 1. The van der Waals surface area contributed by atoms with Gasteiger partial charge in [0.05, 0.1) is 0 Å². The Morgan fingerprint density at radius 2 is 1.20 bits per heavy atom. The third-order valence-electron chi connectivity index (χ3n) is 2.21. The van der Waals surface area contributed by atoms with E-state index in [0.29, 0.717) is 0 Å². The molecule has 15 heavy (non-hydrogen) atoms. The molecule has 0 aliphatic carbocycles. The molecule has 4 heteroatoms. The van der Waals surface area contributed by atoms with Gasteiger partial charge in [-0.1, -0.05) is 53.1 Å². The number of rotatable bonds is 4. The molecule has 1 nitrogen and oxygen atoms in total. The predicted molar refractivity (Wildman–Crippen MR) is 72.5 cm³/mol. The molecule has 0 rings (SSSR count). The van der Waals surface area contributed by atoms with E-state index in [9.17, 15) is 0 Å². The summed E-state index contributed by atoms with van der Waals surface area (Å²) < 4.78 is 2.80. The van der Waals surface area contributed by atoms with Crippen LogP contribution >= 0.6 is 0 Å². The molecule has 0 aromatic rings. The smallest absolute Gasteiger partial charge is 0.348 e. The van der Waals surface area contributed by atoms with E-state index in [-0.39, 0.29) is 24.3 Å². The minimum absolute atomic E-state index is 0. The van der Waals surface area contributed by atoms with Crippen LogP contribution in [0.4, 0.5) is 0 Å². The predicted octanol–water partition coefficient (Wildman–Crippen LogP) is 0.822. The molecule has 0 saturated heterocycles. The first-order valence-corrected chi connectivity index (χ1v) is 12.4. The summed E-state index contributed by atoms with van der Waals surface area (Å²) in [5, 5.41) is 0. The number of hydrogen-bond donors (Lipinski definition) is 0. The molecule has 0 fully saturated rings. The second kappa shape index (κ2) is 5.55. The largest absolute Gasteiger partial charge is 1.00 e. The molecule has 0 spiro atoms. The summed E-state index contributed by atoms with van der Waals surface area (Å²) in [7, 11) is -2.35. The van der Waals surface area contributed by atoms with Gasteiger partial charge in [0.2, 0.25) is 0 Å². The summed E-state index contributed by atoms with van der Waals surface area (Å²) in [6.45, 7) is 24.5. The second-order valence-corrected chi connectivity index (χ2v) is 17.3. The Kier molecular flexibility index (Phi) is 6.79. The van der Waals surface area contributed by atoms with Crippen molar-refractivity contribution in [2.75, 3.05) is 6.54 Å². The number of hydrogen-bond acceptors (Lipinski definition) is 1. The first kappa shape index (κ1) is 18.4. The third-order valence-corrected chi connectivity index (χ3v) is 9.79. The van der Waals surface area contributed by atoms with Crippen LogP contribution in [0, 0.1) is 12.3 Å². The monoisotopic (exact) mass is 237 g/mol. The van der Waals surface area contributed by atoms with Gasteiger partial charge in [-0.25, -0.2) is 0 Å². The molecular weight excluding hydrogens is 209 g/mol. The van der Waals surface area contributed by atoms with Crippen LogP contribution in [-0.4, -0.2) is 27.2 Å². The van der Waals surface area contributed by atoms with Crippen LogP contribution in [0.25, 0.3) is 0 Å². The van der Waals surface area contributed by atoms with Crippen molar-refractivity contribution in [2.24, 2.45) is 5.41 Å². The summed E-state index contributed by atoms with van der Waals surface area (Å²) in [5.41, 5.74) is 0.181. The quantitative estimate of drug-likeness (QED) is 0.517. The van der Waals surface area contributed by atoms with Gasteiger partial charge in [-0.15, -0.1) is 0 Å². The van der Waals surface area contributed by atoms with Crippen molar-refractivity contribution >= 4 is 16.5 Å². The minimum atomic E-state index is -1.18. The maximum Gasteiger partial charge on any atom is 1.00 e. The molecule has 0 aromatic carbocycles. The van der Waals surface area contributed by atoms with Crippen LogP contribution in [0.5, 0.6) is 0 Å². The molecule has 0 radical (unpaired) electrons.